The van der Waals surface area contributed by atoms with Gasteiger partial charge in [-0.25, -0.2) is 4.98 Å². The van der Waals surface area contributed by atoms with Crippen molar-refractivity contribution in [1.82, 2.24) is 9.55 Å². The van der Waals surface area contributed by atoms with Crippen LogP contribution in [0.25, 0.3) is 10.2 Å². The second kappa shape index (κ2) is 8.97. The number of anilines is 1. The zero-order valence-electron chi connectivity index (χ0n) is 15.5. The maximum atomic E-state index is 12.6. The Balaban J connectivity index is 1.79. The van der Waals surface area contributed by atoms with Gasteiger partial charge in [0.25, 0.3) is 5.56 Å². The topological polar surface area (TPSA) is 120 Å². The van der Waals surface area contributed by atoms with Crippen LogP contribution in [0.3, 0.4) is 0 Å². The number of thiophene rings is 1. The van der Waals surface area contributed by atoms with E-state index in [1.165, 1.54) is 25.6 Å². The number of carbonyl (C=O) groups excluding carboxylic acids is 1. The van der Waals surface area contributed by atoms with Crippen LogP contribution in [-0.2, 0) is 16.1 Å². The first-order valence-electron chi connectivity index (χ1n) is 8.27. The molecule has 11 heteroatoms. The van der Waals surface area contributed by atoms with Crippen molar-refractivity contribution in [2.75, 3.05) is 25.3 Å². The van der Waals surface area contributed by atoms with Crippen LogP contribution >= 0.6 is 23.1 Å². The van der Waals surface area contributed by atoms with Gasteiger partial charge in [-0.3, -0.25) is 19.0 Å². The Labute approximate surface area is 173 Å². The first-order valence-corrected chi connectivity index (χ1v) is 10.1. The van der Waals surface area contributed by atoms with Gasteiger partial charge < -0.3 is 19.9 Å². The fourth-order valence-corrected chi connectivity index (χ4v) is 4.10. The minimum atomic E-state index is -1.17. The summed E-state index contributed by atoms with van der Waals surface area (Å²) in [4.78, 5) is 40.4. The van der Waals surface area contributed by atoms with Crippen LogP contribution in [0, 0.1) is 0 Å². The highest BCUT2D eigenvalue weighted by Gasteiger charge is 2.17. The van der Waals surface area contributed by atoms with Gasteiger partial charge in [0.15, 0.2) is 5.16 Å². The number of aromatic nitrogens is 2. The highest BCUT2D eigenvalue weighted by Crippen LogP contribution is 2.29. The quantitative estimate of drug-likeness (QED) is 0.409. The van der Waals surface area contributed by atoms with E-state index in [4.69, 9.17) is 14.6 Å². The number of hydrogen-bond donors (Lipinski definition) is 2. The van der Waals surface area contributed by atoms with E-state index in [1.807, 2.05) is 0 Å². The number of carboxylic acids is 1. The summed E-state index contributed by atoms with van der Waals surface area (Å²) in [5.74, 6) is -0.584. The number of thioether (sulfide) groups is 1. The molecule has 0 unspecified atom stereocenters. The first-order chi connectivity index (χ1) is 13.9. The molecule has 0 aliphatic rings. The summed E-state index contributed by atoms with van der Waals surface area (Å²) in [5.41, 5.74) is 0.497. The molecule has 2 N–H and O–H groups in total. The van der Waals surface area contributed by atoms with Crippen molar-refractivity contribution >= 4 is 50.9 Å². The molecule has 3 rings (SSSR count). The SMILES string of the molecule is COc1ccc(NC(=O)CSc2nc3ccsc3c(=O)n2CC(=O)O)c(OC)c1. The van der Waals surface area contributed by atoms with Crippen LogP contribution in [0.4, 0.5) is 5.69 Å². The van der Waals surface area contributed by atoms with Crippen molar-refractivity contribution in [3.63, 3.8) is 0 Å². The van der Waals surface area contributed by atoms with Crippen LogP contribution in [0.2, 0.25) is 0 Å². The Morgan fingerprint density at radius 1 is 1.28 bits per heavy atom. The van der Waals surface area contributed by atoms with E-state index < -0.39 is 18.1 Å². The number of aliphatic carboxylic acids is 1. The number of nitrogens with one attached hydrogen (secondary N) is 1. The molecule has 0 aliphatic heterocycles. The van der Waals surface area contributed by atoms with E-state index in [1.54, 1.807) is 29.6 Å². The third kappa shape index (κ3) is 4.69. The van der Waals surface area contributed by atoms with Crippen molar-refractivity contribution in [3.8, 4) is 11.5 Å². The number of hydrogen-bond acceptors (Lipinski definition) is 8. The molecular formula is C18H17N3O6S2. The zero-order chi connectivity index (χ0) is 21.0. The van der Waals surface area contributed by atoms with Gasteiger partial charge >= 0.3 is 5.97 Å². The van der Waals surface area contributed by atoms with Gasteiger partial charge in [-0.1, -0.05) is 11.8 Å². The third-order valence-electron chi connectivity index (χ3n) is 3.84. The first kappa shape index (κ1) is 20.7. The summed E-state index contributed by atoms with van der Waals surface area (Å²) in [7, 11) is 3.00. The fourth-order valence-electron chi connectivity index (χ4n) is 2.53. The number of carboxylic acid groups (broad SMARTS) is 1. The lowest BCUT2D eigenvalue weighted by molar-refractivity contribution is -0.137. The molecule has 1 aromatic carbocycles. The Bertz CT molecular complexity index is 1120. The molecule has 0 saturated heterocycles. The van der Waals surface area contributed by atoms with E-state index in [9.17, 15) is 14.4 Å². The van der Waals surface area contributed by atoms with E-state index in [-0.39, 0.29) is 16.8 Å². The van der Waals surface area contributed by atoms with Crippen molar-refractivity contribution in [3.05, 3.63) is 40.0 Å². The molecule has 0 saturated carbocycles. The van der Waals surface area contributed by atoms with Crippen molar-refractivity contribution in [2.24, 2.45) is 0 Å². The smallest absolute Gasteiger partial charge is 0.323 e. The predicted octanol–water partition coefficient (Wildman–Crippen LogP) is 2.29. The van der Waals surface area contributed by atoms with E-state index >= 15 is 0 Å². The number of methoxy groups -OCH3 is 2. The lowest BCUT2D eigenvalue weighted by Crippen LogP contribution is -2.26. The number of benzene rings is 1. The summed E-state index contributed by atoms with van der Waals surface area (Å²) in [6, 6.07) is 6.65. The van der Waals surface area contributed by atoms with Crippen molar-refractivity contribution < 1.29 is 24.2 Å². The molecule has 3 aromatic rings. The molecular weight excluding hydrogens is 418 g/mol. The van der Waals surface area contributed by atoms with Crippen molar-refractivity contribution in [1.29, 1.82) is 0 Å². The van der Waals surface area contributed by atoms with Crippen LogP contribution < -0.4 is 20.3 Å². The highest BCUT2D eigenvalue weighted by molar-refractivity contribution is 7.99. The standard InChI is InChI=1S/C18H17N3O6S2/c1-26-10-3-4-11(13(7-10)27-2)19-14(22)9-29-18-20-12-5-6-28-16(12)17(25)21(18)8-15(23)24/h3-7H,8-9H2,1-2H3,(H,19,22)(H,23,24). The summed E-state index contributed by atoms with van der Waals surface area (Å²) in [5, 5.41) is 13.7. The lowest BCUT2D eigenvalue weighted by Gasteiger charge is -2.12. The van der Waals surface area contributed by atoms with Crippen molar-refractivity contribution in [2.45, 2.75) is 11.7 Å². The predicted molar refractivity (Wildman–Crippen MR) is 110 cm³/mol. The highest BCUT2D eigenvalue weighted by atomic mass is 32.2. The van der Waals surface area contributed by atoms with Gasteiger partial charge in [-0.15, -0.1) is 11.3 Å². The largest absolute Gasteiger partial charge is 0.497 e. The Hall–Kier alpha value is -3.05. The van der Waals surface area contributed by atoms with Crippen LogP contribution in [0.15, 0.2) is 39.6 Å². The van der Waals surface area contributed by atoms with E-state index in [0.717, 1.165) is 16.3 Å². The summed E-state index contributed by atoms with van der Waals surface area (Å²) < 4.78 is 11.8. The minimum absolute atomic E-state index is 0.0725. The molecule has 1 amide bonds. The van der Waals surface area contributed by atoms with Gasteiger partial charge in [0.05, 0.1) is 31.2 Å². The zero-order valence-corrected chi connectivity index (χ0v) is 17.1. The average Bonchev–Trinajstić information content (AvgIpc) is 3.17. The van der Waals surface area contributed by atoms with E-state index in [0.29, 0.717) is 27.4 Å². The molecule has 0 bridgehead atoms. The van der Waals surface area contributed by atoms with Gasteiger partial charge in [0.2, 0.25) is 5.91 Å². The number of carbonyl (C=O) groups is 2. The fraction of sp³-hybridized carbons (Fsp3) is 0.222. The molecule has 0 radical (unpaired) electrons. The molecule has 0 fully saturated rings. The molecule has 152 valence electrons. The molecule has 0 aliphatic carbocycles. The Morgan fingerprint density at radius 3 is 2.76 bits per heavy atom. The normalized spacial score (nSPS) is 10.7. The molecule has 9 nitrogen and oxygen atoms in total. The van der Waals surface area contributed by atoms with Gasteiger partial charge in [-0.05, 0) is 23.6 Å². The minimum Gasteiger partial charge on any atom is -0.497 e. The molecule has 0 spiro atoms. The number of ether oxygens (including phenoxy) is 2. The van der Waals surface area contributed by atoms with E-state index in [2.05, 4.69) is 10.3 Å². The summed E-state index contributed by atoms with van der Waals surface area (Å²) in [6.07, 6.45) is 0. The molecule has 2 aromatic heterocycles. The molecule has 0 atom stereocenters. The lowest BCUT2D eigenvalue weighted by atomic mass is 10.2. The van der Waals surface area contributed by atoms with Gasteiger partial charge in [0.1, 0.15) is 22.7 Å². The summed E-state index contributed by atoms with van der Waals surface area (Å²) in [6.45, 7) is -0.532. The second-order valence-corrected chi connectivity index (χ2v) is 7.58. The molecule has 2 heterocycles. The number of amides is 1. The maximum Gasteiger partial charge on any atom is 0.323 e. The van der Waals surface area contributed by atoms with Gasteiger partial charge in [0, 0.05) is 6.07 Å². The third-order valence-corrected chi connectivity index (χ3v) is 5.71. The second-order valence-electron chi connectivity index (χ2n) is 5.72. The van der Waals surface area contributed by atoms with Crippen LogP contribution in [0.1, 0.15) is 0 Å². The van der Waals surface area contributed by atoms with Crippen LogP contribution in [0.5, 0.6) is 11.5 Å². The van der Waals surface area contributed by atoms with Crippen LogP contribution in [-0.4, -0.2) is 46.5 Å². The molecule has 29 heavy (non-hydrogen) atoms. The number of fused-ring (bicyclic) bond motifs is 1. The Morgan fingerprint density at radius 2 is 2.07 bits per heavy atom. The monoisotopic (exact) mass is 435 g/mol. The Kier molecular flexibility index (Phi) is 6.39. The van der Waals surface area contributed by atoms with Gasteiger partial charge in [-0.2, -0.15) is 0 Å². The maximum absolute atomic E-state index is 12.6. The number of rotatable bonds is 8. The average molecular weight is 435 g/mol. The summed E-state index contributed by atoms with van der Waals surface area (Å²) >= 11 is 2.18. The number of nitrogens with zero attached hydrogens (tertiary/aromatic N) is 2.